The first-order chi connectivity index (χ1) is 9.52. The van der Waals surface area contributed by atoms with Crippen LogP contribution in [0.2, 0.25) is 0 Å². The second-order valence-corrected chi connectivity index (χ2v) is 7.35. The Morgan fingerprint density at radius 3 is 2.80 bits per heavy atom. The minimum absolute atomic E-state index is 0.118. The summed E-state index contributed by atoms with van der Waals surface area (Å²) in [6, 6.07) is 6.60. The third-order valence-electron chi connectivity index (χ3n) is 4.13. The summed E-state index contributed by atoms with van der Waals surface area (Å²) in [5.74, 6) is 0.652. The van der Waals surface area contributed by atoms with Crippen molar-refractivity contribution in [1.29, 1.82) is 0 Å². The monoisotopic (exact) mass is 295 g/mol. The molecule has 20 heavy (non-hydrogen) atoms. The number of hydrogen-bond donors (Lipinski definition) is 1. The fraction of sp³-hybridized carbons (Fsp3) is 0.625. The van der Waals surface area contributed by atoms with E-state index in [0.717, 1.165) is 13.0 Å². The van der Waals surface area contributed by atoms with Crippen LogP contribution in [0, 0.1) is 13.8 Å². The van der Waals surface area contributed by atoms with Crippen LogP contribution in [0.3, 0.4) is 0 Å². The molecule has 1 aromatic carbocycles. The van der Waals surface area contributed by atoms with E-state index >= 15 is 0 Å². The molecule has 0 aromatic heterocycles. The minimum Gasteiger partial charge on any atom is -0.377 e. The van der Waals surface area contributed by atoms with Gasteiger partial charge in [-0.15, -0.1) is 0 Å². The molecule has 1 fully saturated rings. The molecule has 1 aliphatic heterocycles. The molecule has 112 valence electrons. The van der Waals surface area contributed by atoms with Gasteiger partial charge < -0.3 is 10.1 Å². The molecule has 1 saturated heterocycles. The quantitative estimate of drug-likeness (QED) is 0.907. The highest BCUT2D eigenvalue weighted by Crippen LogP contribution is 2.24. The molecule has 1 aliphatic rings. The predicted octanol–water partition coefficient (Wildman–Crippen LogP) is 2.49. The zero-order chi connectivity index (χ0) is 14.7. The van der Waals surface area contributed by atoms with Crippen LogP contribution >= 0.6 is 0 Å². The Labute approximate surface area is 124 Å². The lowest BCUT2D eigenvalue weighted by atomic mass is 10.0. The number of rotatable bonds is 5. The first-order valence-corrected chi connectivity index (χ1v) is 8.64. The molecule has 1 heterocycles. The van der Waals surface area contributed by atoms with Gasteiger partial charge in [-0.2, -0.15) is 0 Å². The van der Waals surface area contributed by atoms with Crippen molar-refractivity contribution in [3.05, 3.63) is 34.9 Å². The van der Waals surface area contributed by atoms with Gasteiger partial charge in [-0.1, -0.05) is 23.8 Å². The lowest BCUT2D eigenvalue weighted by Gasteiger charge is -2.22. The molecule has 1 aromatic rings. The number of benzene rings is 1. The van der Waals surface area contributed by atoms with E-state index in [1.807, 2.05) is 14.0 Å². The summed E-state index contributed by atoms with van der Waals surface area (Å²) in [6.07, 6.45) is 1.03. The van der Waals surface area contributed by atoms with Crippen molar-refractivity contribution in [1.82, 2.24) is 5.32 Å². The zero-order valence-electron chi connectivity index (χ0n) is 12.8. The number of hydrogen-bond acceptors (Lipinski definition) is 3. The Hall–Kier alpha value is -0.710. The van der Waals surface area contributed by atoms with Crippen LogP contribution in [0.25, 0.3) is 0 Å². The normalized spacial score (nSPS) is 25.6. The summed E-state index contributed by atoms with van der Waals surface area (Å²) in [5.41, 5.74) is 3.75. The molecule has 0 aliphatic carbocycles. The Morgan fingerprint density at radius 2 is 2.20 bits per heavy atom. The van der Waals surface area contributed by atoms with E-state index in [0.29, 0.717) is 5.75 Å². The van der Waals surface area contributed by atoms with E-state index in [2.05, 4.69) is 37.4 Å². The Morgan fingerprint density at radius 1 is 1.45 bits per heavy atom. The molecule has 0 spiro atoms. The first-order valence-electron chi connectivity index (χ1n) is 7.26. The van der Waals surface area contributed by atoms with Gasteiger partial charge in [0.05, 0.1) is 11.4 Å². The summed E-state index contributed by atoms with van der Waals surface area (Å²) >= 11 is 0. The van der Waals surface area contributed by atoms with Crippen molar-refractivity contribution in [2.45, 2.75) is 44.6 Å². The average Bonchev–Trinajstić information content (AvgIpc) is 2.85. The van der Waals surface area contributed by atoms with E-state index in [1.54, 1.807) is 0 Å². The van der Waals surface area contributed by atoms with Gasteiger partial charge in [0.25, 0.3) is 0 Å². The molecule has 0 amide bonds. The average molecular weight is 295 g/mol. The van der Waals surface area contributed by atoms with Gasteiger partial charge in [-0.25, -0.2) is 0 Å². The SMILES string of the molecule is CNC(CS(=O)C1CCOC1C)c1cc(C)ccc1C. The van der Waals surface area contributed by atoms with Gasteiger partial charge in [-0.3, -0.25) is 4.21 Å². The summed E-state index contributed by atoms with van der Waals surface area (Å²) in [4.78, 5) is 0. The Bertz CT molecular complexity index is 489. The maximum atomic E-state index is 12.6. The van der Waals surface area contributed by atoms with Gasteiger partial charge >= 0.3 is 0 Å². The van der Waals surface area contributed by atoms with Crippen molar-refractivity contribution < 1.29 is 8.95 Å². The largest absolute Gasteiger partial charge is 0.377 e. The van der Waals surface area contributed by atoms with Gasteiger partial charge in [-0.05, 0) is 45.4 Å². The van der Waals surface area contributed by atoms with Crippen LogP contribution in [0.5, 0.6) is 0 Å². The zero-order valence-corrected chi connectivity index (χ0v) is 13.6. The lowest BCUT2D eigenvalue weighted by Crippen LogP contribution is -2.31. The van der Waals surface area contributed by atoms with E-state index in [4.69, 9.17) is 4.74 Å². The fourth-order valence-corrected chi connectivity index (χ4v) is 4.60. The summed E-state index contributed by atoms with van der Waals surface area (Å²) < 4.78 is 18.1. The van der Waals surface area contributed by atoms with Crippen molar-refractivity contribution >= 4 is 10.8 Å². The Kier molecular flexibility index (Phi) is 5.35. The van der Waals surface area contributed by atoms with Crippen molar-refractivity contribution in [2.75, 3.05) is 19.4 Å². The standard InChI is InChI=1S/C16H25NO2S/c1-11-5-6-12(2)14(9-11)15(17-4)10-20(18)16-7-8-19-13(16)3/h5-6,9,13,15-17H,7-8,10H2,1-4H3. The molecular weight excluding hydrogens is 270 g/mol. The molecule has 0 bridgehead atoms. The van der Waals surface area contributed by atoms with Crippen LogP contribution < -0.4 is 5.32 Å². The van der Waals surface area contributed by atoms with Crippen LogP contribution in [-0.2, 0) is 15.5 Å². The predicted molar refractivity (Wildman–Crippen MR) is 84.5 cm³/mol. The van der Waals surface area contributed by atoms with Gasteiger partial charge in [0.1, 0.15) is 0 Å². The highest BCUT2D eigenvalue weighted by molar-refractivity contribution is 7.85. The lowest BCUT2D eigenvalue weighted by molar-refractivity contribution is 0.127. The van der Waals surface area contributed by atoms with Crippen LogP contribution in [0.1, 0.15) is 36.1 Å². The van der Waals surface area contributed by atoms with Crippen LogP contribution in [0.4, 0.5) is 0 Å². The fourth-order valence-electron chi connectivity index (χ4n) is 2.81. The smallest absolute Gasteiger partial charge is 0.0691 e. The summed E-state index contributed by atoms with van der Waals surface area (Å²) in [7, 11) is 1.08. The molecule has 2 rings (SSSR count). The minimum atomic E-state index is -0.858. The number of aryl methyl sites for hydroxylation is 2. The van der Waals surface area contributed by atoms with Gasteiger partial charge in [0, 0.05) is 29.2 Å². The molecule has 0 radical (unpaired) electrons. The maximum absolute atomic E-state index is 12.6. The van der Waals surface area contributed by atoms with Crippen LogP contribution in [0.15, 0.2) is 18.2 Å². The molecule has 0 saturated carbocycles. The molecule has 1 N–H and O–H groups in total. The second kappa shape index (κ2) is 6.83. The third-order valence-corrected chi connectivity index (χ3v) is 6.09. The van der Waals surface area contributed by atoms with E-state index in [1.165, 1.54) is 16.7 Å². The summed E-state index contributed by atoms with van der Waals surface area (Å²) in [5, 5.41) is 3.50. The van der Waals surface area contributed by atoms with Gasteiger partial charge in [0.2, 0.25) is 0 Å². The van der Waals surface area contributed by atoms with Crippen molar-refractivity contribution in [2.24, 2.45) is 0 Å². The molecule has 4 unspecified atom stereocenters. The van der Waals surface area contributed by atoms with Gasteiger partial charge in [0.15, 0.2) is 0 Å². The second-order valence-electron chi connectivity index (χ2n) is 5.65. The first kappa shape index (κ1) is 15.7. The van der Waals surface area contributed by atoms with Crippen molar-refractivity contribution in [3.63, 3.8) is 0 Å². The molecular formula is C16H25NO2S. The highest BCUT2D eigenvalue weighted by atomic mass is 32.2. The van der Waals surface area contributed by atoms with Crippen molar-refractivity contribution in [3.8, 4) is 0 Å². The highest BCUT2D eigenvalue weighted by Gasteiger charge is 2.31. The third kappa shape index (κ3) is 3.48. The van der Waals surface area contributed by atoms with E-state index < -0.39 is 10.8 Å². The number of nitrogens with one attached hydrogen (secondary N) is 1. The molecule has 3 nitrogen and oxygen atoms in total. The molecule has 4 atom stereocenters. The Balaban J connectivity index is 2.12. The van der Waals surface area contributed by atoms with E-state index in [-0.39, 0.29) is 17.4 Å². The van der Waals surface area contributed by atoms with E-state index in [9.17, 15) is 4.21 Å². The van der Waals surface area contributed by atoms with Crippen LogP contribution in [-0.4, -0.2) is 35.0 Å². The summed E-state index contributed by atoms with van der Waals surface area (Å²) in [6.45, 7) is 6.98. The topological polar surface area (TPSA) is 38.3 Å². The number of ether oxygens (including phenoxy) is 1. The maximum Gasteiger partial charge on any atom is 0.0691 e. The molecule has 4 heteroatoms.